The average molecular weight is 417 g/mol. The zero-order valence-corrected chi connectivity index (χ0v) is 18.7. The van der Waals surface area contributed by atoms with Crippen LogP contribution in [0.2, 0.25) is 24.8 Å². The van der Waals surface area contributed by atoms with Crippen molar-refractivity contribution in [1.29, 1.82) is 0 Å². The van der Waals surface area contributed by atoms with Crippen molar-refractivity contribution in [3.8, 4) is 11.5 Å². The molecule has 0 saturated carbocycles. The first-order valence-corrected chi connectivity index (χ1v) is 16.7. The second-order valence-electron chi connectivity index (χ2n) is 7.53. The van der Waals surface area contributed by atoms with Crippen LogP contribution in [0.25, 0.3) is 0 Å². The van der Waals surface area contributed by atoms with Gasteiger partial charge in [-0.2, -0.15) is 0 Å². The molecule has 0 saturated heterocycles. The first kappa shape index (κ1) is 18.8. The molecule has 0 aliphatic heterocycles. The molecule has 0 nitrogen and oxygen atoms in total. The molecule has 0 fully saturated rings. The Balaban J connectivity index is 2.26. The molecule has 0 unspecified atom stereocenters. The van der Waals surface area contributed by atoms with Crippen molar-refractivity contribution in [2.75, 3.05) is 0 Å². The Morgan fingerprint density at radius 3 is 1.27 bits per heavy atom. The molecule has 0 N–H and O–H groups in total. The number of rotatable bonds is 4. The zero-order valence-electron chi connectivity index (χ0n) is 15.8. The van der Waals surface area contributed by atoms with Crippen LogP contribution in [-0.2, 0) is 0 Å². The molecule has 0 radical (unpaired) electrons. The summed E-state index contributed by atoms with van der Waals surface area (Å²) in [6.07, 6.45) is 0. The van der Waals surface area contributed by atoms with E-state index in [2.05, 4.69) is 122 Å². The topological polar surface area (TPSA) is 0 Å². The summed E-state index contributed by atoms with van der Waals surface area (Å²) >= 11 is -2.63. The van der Waals surface area contributed by atoms with E-state index in [1.807, 2.05) is 0 Å². The van der Waals surface area contributed by atoms with E-state index < -0.39 is 21.6 Å². The molecule has 0 atom stereocenters. The Morgan fingerprint density at radius 2 is 0.962 bits per heavy atom. The average Bonchev–Trinajstić information content (AvgIpc) is 2.67. The summed E-state index contributed by atoms with van der Waals surface area (Å²) in [5.74, 6) is 3.65. The fourth-order valence-corrected chi connectivity index (χ4v) is 12.1. The quantitative estimate of drug-likeness (QED) is 0.444. The number of benzene rings is 3. The summed E-state index contributed by atoms with van der Waals surface area (Å²) in [6.45, 7) is 6.96. The van der Waals surface area contributed by atoms with Gasteiger partial charge in [0.1, 0.15) is 0 Å². The van der Waals surface area contributed by atoms with Crippen LogP contribution in [0.15, 0.2) is 91.0 Å². The minimum atomic E-state index is -2.63. The van der Waals surface area contributed by atoms with E-state index >= 15 is 0 Å². The van der Waals surface area contributed by atoms with Gasteiger partial charge in [-0.3, -0.25) is 0 Å². The summed E-state index contributed by atoms with van der Waals surface area (Å²) in [6, 6.07) is 33.2. The van der Waals surface area contributed by atoms with Crippen molar-refractivity contribution >= 4 is 34.7 Å². The second kappa shape index (κ2) is 8.13. The van der Waals surface area contributed by atoms with Gasteiger partial charge in [0.05, 0.1) is 0 Å². The Kier molecular flexibility index (Phi) is 5.87. The van der Waals surface area contributed by atoms with Crippen molar-refractivity contribution in [2.45, 2.75) is 24.8 Å². The Bertz CT molecular complexity index is 788. The van der Waals surface area contributed by atoms with Gasteiger partial charge >= 0.3 is 162 Å². The summed E-state index contributed by atoms with van der Waals surface area (Å²) in [5, 5.41) is 0.959. The van der Waals surface area contributed by atoms with Crippen LogP contribution < -0.4 is 13.1 Å². The van der Waals surface area contributed by atoms with Crippen LogP contribution in [0, 0.1) is 11.5 Å². The number of hydrogen-bond acceptors (Lipinski definition) is 0. The van der Waals surface area contributed by atoms with Gasteiger partial charge < -0.3 is 0 Å². The molecule has 0 aromatic heterocycles. The van der Waals surface area contributed by atoms with Gasteiger partial charge in [-0.1, -0.05) is 0 Å². The predicted molar refractivity (Wildman–Crippen MR) is 120 cm³/mol. The first-order valence-electron chi connectivity index (χ1n) is 9.07. The van der Waals surface area contributed by atoms with Gasteiger partial charge in [-0.15, -0.1) is 0 Å². The van der Waals surface area contributed by atoms with E-state index in [4.69, 9.17) is 0 Å². The summed E-state index contributed by atoms with van der Waals surface area (Å²) in [7, 11) is -1.39. The normalized spacial score (nSPS) is 11.5. The molecule has 26 heavy (non-hydrogen) atoms. The third-order valence-corrected chi connectivity index (χ3v) is 14.0. The van der Waals surface area contributed by atoms with Crippen LogP contribution in [0.3, 0.4) is 0 Å². The molecule has 3 aromatic carbocycles. The van der Waals surface area contributed by atoms with Crippen molar-refractivity contribution in [3.63, 3.8) is 0 Å². The molecule has 0 aliphatic carbocycles. The molecule has 2 heteroatoms. The van der Waals surface area contributed by atoms with E-state index in [-0.39, 0.29) is 0 Å². The number of hydrogen-bond donors (Lipinski definition) is 0. The second-order valence-corrected chi connectivity index (χ2v) is 19.6. The van der Waals surface area contributed by atoms with Gasteiger partial charge in [-0.05, 0) is 0 Å². The predicted octanol–water partition coefficient (Wildman–Crippen LogP) is 4.04. The standard InChI is InChI=1S/C24H26AsSi/c1-26(2,3)21-13-20-25(22-14-7-4-8-15-22,23-16-9-5-10-17-23)24-18-11-6-12-19-24/h4-12,14-19H,20H2,1-3H3/q+1. The van der Waals surface area contributed by atoms with Gasteiger partial charge in [0.2, 0.25) is 0 Å². The van der Waals surface area contributed by atoms with Crippen molar-refractivity contribution in [2.24, 2.45) is 0 Å². The molecule has 130 valence electrons. The van der Waals surface area contributed by atoms with Crippen molar-refractivity contribution in [3.05, 3.63) is 91.0 Å². The van der Waals surface area contributed by atoms with Crippen LogP contribution in [0.1, 0.15) is 0 Å². The van der Waals surface area contributed by atoms with Gasteiger partial charge in [0.25, 0.3) is 0 Å². The maximum absolute atomic E-state index is 3.65. The Hall–Kier alpha value is -2.00. The molecule has 0 heterocycles. The van der Waals surface area contributed by atoms with Gasteiger partial charge in [0, 0.05) is 0 Å². The van der Waals surface area contributed by atoms with E-state index in [9.17, 15) is 0 Å². The molecule has 0 amide bonds. The van der Waals surface area contributed by atoms with E-state index in [0.29, 0.717) is 0 Å². The van der Waals surface area contributed by atoms with Crippen molar-refractivity contribution in [1.82, 2.24) is 0 Å². The molecular formula is C24H26AsSi+. The molecule has 0 spiro atoms. The van der Waals surface area contributed by atoms with E-state index in [1.165, 1.54) is 13.1 Å². The summed E-state index contributed by atoms with van der Waals surface area (Å²) in [4.78, 5) is 0. The zero-order chi connectivity index (χ0) is 18.5. The molecule has 0 bridgehead atoms. The van der Waals surface area contributed by atoms with Crippen LogP contribution >= 0.6 is 0 Å². The SMILES string of the molecule is C[Si](C)(C)C#CC[As+](c1ccccc1)(c1ccccc1)c1ccccc1. The first-order chi connectivity index (χ1) is 12.5. The fraction of sp³-hybridized carbons (Fsp3) is 0.167. The monoisotopic (exact) mass is 417 g/mol. The summed E-state index contributed by atoms with van der Waals surface area (Å²) in [5.41, 5.74) is 3.62. The van der Waals surface area contributed by atoms with Gasteiger partial charge in [-0.25, -0.2) is 0 Å². The minimum absolute atomic E-state index is 0.959. The Labute approximate surface area is 161 Å². The van der Waals surface area contributed by atoms with E-state index in [1.54, 1.807) is 0 Å². The molecule has 0 aliphatic rings. The third-order valence-electron chi connectivity index (χ3n) is 4.37. The molecule has 3 rings (SSSR count). The Morgan fingerprint density at radius 1 is 0.615 bits per heavy atom. The van der Waals surface area contributed by atoms with Crippen LogP contribution in [-0.4, -0.2) is 21.6 Å². The molecule has 3 aromatic rings. The fourth-order valence-electron chi connectivity index (χ4n) is 3.19. The summed E-state index contributed by atoms with van der Waals surface area (Å²) < 4.78 is 4.40. The van der Waals surface area contributed by atoms with Gasteiger partial charge in [0.15, 0.2) is 0 Å². The van der Waals surface area contributed by atoms with E-state index in [0.717, 1.165) is 5.21 Å². The third kappa shape index (κ3) is 4.21. The van der Waals surface area contributed by atoms with Crippen LogP contribution in [0.5, 0.6) is 0 Å². The van der Waals surface area contributed by atoms with Crippen molar-refractivity contribution < 1.29 is 0 Å². The molecular weight excluding hydrogens is 391 g/mol. The maximum atomic E-state index is 3.65. The van der Waals surface area contributed by atoms with Crippen LogP contribution in [0.4, 0.5) is 0 Å².